The van der Waals surface area contributed by atoms with Gasteiger partial charge in [-0.05, 0) is 0 Å². The van der Waals surface area contributed by atoms with Gasteiger partial charge in [0.25, 0.3) is 0 Å². The van der Waals surface area contributed by atoms with Crippen LogP contribution in [0.5, 0.6) is 0 Å². The van der Waals surface area contributed by atoms with Crippen molar-refractivity contribution in [1.29, 1.82) is 0 Å². The molecule has 0 aromatic heterocycles. The Morgan fingerprint density at radius 3 is 0.292 bits per heavy atom. The van der Waals surface area contributed by atoms with Crippen molar-refractivity contribution in [2.75, 3.05) is 0 Å². The van der Waals surface area contributed by atoms with Crippen LogP contribution >= 0.6 is 108 Å². The third kappa shape index (κ3) is 2220. The maximum absolute atomic E-state index is 10.1. The van der Waals surface area contributed by atoms with Crippen LogP contribution in [0.1, 0.15) is 0 Å². The number of hydrogen-bond donors (Lipinski definition) is 8. The molecule has 0 saturated carbocycles. The second-order valence-electron chi connectivity index (χ2n) is 1.24. The maximum Gasteiger partial charge on any atom is 0.674 e. The van der Waals surface area contributed by atoms with Crippen molar-refractivity contribution in [2.24, 2.45) is 0 Å². The molecule has 0 atom stereocenters. The first-order chi connectivity index (χ1) is 6.93. The number of halogens is 4. The van der Waals surface area contributed by atoms with Crippen molar-refractivity contribution < 1.29 is 57.5 Å². The predicted octanol–water partition coefficient (Wildman–Crippen LogP) is -3.40. The van der Waals surface area contributed by atoms with Crippen LogP contribution in [0.15, 0.2) is 0 Å². The van der Waals surface area contributed by atoms with E-state index in [1.54, 1.807) is 0 Å². The van der Waals surface area contributed by atoms with Crippen LogP contribution in [0.3, 0.4) is 0 Å². The van der Waals surface area contributed by atoms with Gasteiger partial charge in [0.15, 0.2) is 0 Å². The van der Waals surface area contributed by atoms with Gasteiger partial charge in [-0.25, -0.2) is 0 Å². The summed E-state index contributed by atoms with van der Waals surface area (Å²) in [6.45, 7) is 0. The minimum atomic E-state index is -2.67. The molecular weight excluding hydrogens is 504 g/mol. The van der Waals surface area contributed by atoms with Crippen molar-refractivity contribution in [1.82, 2.24) is 0 Å². The Morgan fingerprint density at radius 1 is 0.292 bits per heavy atom. The summed E-state index contributed by atoms with van der Waals surface area (Å²) in [7, 11) is -10.7. The average molecular weight is 528 g/mol. The minimum absolute atomic E-state index is 0. The Morgan fingerprint density at radius 2 is 0.292 bits per heavy atom. The Kier molecular flexibility index (Phi) is 249. The highest BCUT2D eigenvalue weighted by Crippen LogP contribution is 1.58. The third-order valence-electron chi connectivity index (χ3n) is 0. The second-order valence-corrected chi connectivity index (χ2v) is 1.24. The van der Waals surface area contributed by atoms with Crippen molar-refractivity contribution in [3.05, 3.63) is 0 Å². The van der Waals surface area contributed by atoms with E-state index in [-0.39, 0.29) is 108 Å². The van der Waals surface area contributed by atoms with E-state index in [0.29, 0.717) is 0 Å². The molecule has 0 unspecified atom stereocenters. The van der Waals surface area contributed by atoms with Gasteiger partial charge >= 0.3 is 29.6 Å². The summed E-state index contributed by atoms with van der Waals surface area (Å²) >= 11 is 0. The standard InChI is InChI=1S/4BFH2O2.8H2S/c4*2-1(3)4;;;;;;;;/h4*3-4H;8*1H2. The Balaban J connectivity index is -0.00000000720. The second kappa shape index (κ2) is 72.9. The molecule has 24 heteroatoms. The van der Waals surface area contributed by atoms with Gasteiger partial charge in [0, 0.05) is 0 Å². The summed E-state index contributed by atoms with van der Waals surface area (Å²) in [5.41, 5.74) is 0. The first-order valence-corrected chi connectivity index (χ1v) is 2.94. The van der Waals surface area contributed by atoms with E-state index in [1.807, 2.05) is 0 Å². The Labute approximate surface area is 194 Å². The van der Waals surface area contributed by atoms with Crippen LogP contribution in [-0.4, -0.2) is 69.8 Å². The fraction of sp³-hybridized carbons (Fsp3) is 0. The smallest absolute Gasteiger partial charge is 0.398 e. The van der Waals surface area contributed by atoms with Crippen LogP contribution in [0.4, 0.5) is 17.3 Å². The summed E-state index contributed by atoms with van der Waals surface area (Å²) < 4.78 is 40.4. The summed E-state index contributed by atoms with van der Waals surface area (Å²) in [6, 6.07) is 0. The lowest BCUT2D eigenvalue weighted by atomic mass is 10.3. The van der Waals surface area contributed by atoms with Crippen molar-refractivity contribution in [3.8, 4) is 0 Å². The summed E-state index contributed by atoms with van der Waals surface area (Å²) in [5, 5.41) is 55.6. The largest absolute Gasteiger partial charge is 0.674 e. The highest BCUT2D eigenvalue weighted by Gasteiger charge is 1.98. The molecule has 0 aliphatic heterocycles. The molecule has 0 saturated heterocycles. The van der Waals surface area contributed by atoms with Crippen LogP contribution in [-0.2, 0) is 0 Å². The normalized spacial score (nSPS) is 4.50. The molecule has 0 fully saturated rings. The minimum Gasteiger partial charge on any atom is -0.398 e. The van der Waals surface area contributed by atoms with Crippen LogP contribution in [0.2, 0.25) is 0 Å². The Hall–Kier alpha value is 2.46. The molecule has 160 valence electrons. The molecule has 0 rings (SSSR count). The number of hydrogen-bond acceptors (Lipinski definition) is 8. The van der Waals surface area contributed by atoms with E-state index in [2.05, 4.69) is 0 Å². The van der Waals surface area contributed by atoms with Gasteiger partial charge in [0.1, 0.15) is 0 Å². The van der Waals surface area contributed by atoms with Crippen molar-refractivity contribution in [3.63, 3.8) is 0 Å². The summed E-state index contributed by atoms with van der Waals surface area (Å²) in [4.78, 5) is 0. The third-order valence-corrected chi connectivity index (χ3v) is 0. The van der Waals surface area contributed by atoms with Crippen LogP contribution in [0, 0.1) is 0 Å². The van der Waals surface area contributed by atoms with E-state index in [0.717, 1.165) is 0 Å². The molecule has 0 aromatic rings. The lowest BCUT2D eigenvalue weighted by Gasteiger charge is -1.65. The van der Waals surface area contributed by atoms with Gasteiger partial charge < -0.3 is 40.2 Å². The van der Waals surface area contributed by atoms with Gasteiger partial charge in [0.2, 0.25) is 0 Å². The molecule has 0 aromatic carbocycles. The van der Waals surface area contributed by atoms with Crippen LogP contribution in [0.25, 0.3) is 0 Å². The summed E-state index contributed by atoms with van der Waals surface area (Å²) in [5.74, 6) is 0. The highest BCUT2D eigenvalue weighted by molar-refractivity contribution is 7.60. The first-order valence-electron chi connectivity index (χ1n) is 2.94. The van der Waals surface area contributed by atoms with E-state index in [4.69, 9.17) is 40.2 Å². The molecule has 0 aliphatic carbocycles. The van der Waals surface area contributed by atoms with E-state index in [9.17, 15) is 17.3 Å². The molecule has 0 radical (unpaired) electrons. The predicted molar refractivity (Wildman–Crippen MR) is 128 cm³/mol. The first kappa shape index (κ1) is 82.0. The van der Waals surface area contributed by atoms with Gasteiger partial charge in [0.05, 0.1) is 0 Å². The van der Waals surface area contributed by atoms with Gasteiger partial charge in [-0.3, -0.25) is 17.3 Å². The summed E-state index contributed by atoms with van der Waals surface area (Å²) in [6.07, 6.45) is 0. The van der Waals surface area contributed by atoms with Gasteiger partial charge in [-0.2, -0.15) is 108 Å². The molecule has 0 amide bonds. The molecule has 24 heavy (non-hydrogen) atoms. The molecule has 8 nitrogen and oxygen atoms in total. The molecular formula is H24B4F4O8S8. The topological polar surface area (TPSA) is 162 Å². The molecule has 0 heterocycles. The molecule has 8 N–H and O–H groups in total. The monoisotopic (exact) mass is 528 g/mol. The lowest BCUT2D eigenvalue weighted by molar-refractivity contribution is 0.338. The molecule has 0 aliphatic rings. The zero-order valence-corrected chi connectivity index (χ0v) is 19.4. The highest BCUT2D eigenvalue weighted by atomic mass is 32.1. The molecule has 0 bridgehead atoms. The van der Waals surface area contributed by atoms with Gasteiger partial charge in [-0.1, -0.05) is 0 Å². The fourth-order valence-electron chi connectivity index (χ4n) is 0. The molecule has 0 spiro atoms. The van der Waals surface area contributed by atoms with E-state index < -0.39 is 29.6 Å². The SMILES string of the molecule is OB(O)F.OB(O)F.OB(O)F.OB(O)F.S.S.S.S.S.S.S.S. The zero-order chi connectivity index (χ0) is 14.3. The quantitative estimate of drug-likeness (QED) is 0.119. The Bertz CT molecular complexity index is 89.1. The van der Waals surface area contributed by atoms with E-state index >= 15 is 0 Å². The van der Waals surface area contributed by atoms with Crippen molar-refractivity contribution >= 4 is 138 Å². The lowest BCUT2D eigenvalue weighted by Crippen LogP contribution is -1.98. The maximum atomic E-state index is 10.1. The van der Waals surface area contributed by atoms with Crippen LogP contribution < -0.4 is 0 Å². The fourth-order valence-corrected chi connectivity index (χ4v) is 0. The van der Waals surface area contributed by atoms with Gasteiger partial charge in [-0.15, -0.1) is 0 Å². The zero-order valence-electron chi connectivity index (χ0n) is 11.4. The average Bonchev–Trinajstić information content (AvgIpc) is 1.76. The van der Waals surface area contributed by atoms with Crippen molar-refractivity contribution in [2.45, 2.75) is 0 Å². The van der Waals surface area contributed by atoms with E-state index in [1.165, 1.54) is 0 Å². The number of rotatable bonds is 0.